The quantitative estimate of drug-likeness (QED) is 0.488. The highest BCUT2D eigenvalue weighted by Gasteiger charge is 2.13. The maximum atomic E-state index is 5.87. The number of nitrogens with zero attached hydrogens (tertiary/aromatic N) is 4. The molecule has 0 saturated carbocycles. The molecule has 0 radical (unpaired) electrons. The molecule has 0 bridgehead atoms. The van der Waals surface area contributed by atoms with Gasteiger partial charge in [0.15, 0.2) is 22.1 Å². The van der Waals surface area contributed by atoms with Gasteiger partial charge in [0.1, 0.15) is 6.61 Å². The Hall–Kier alpha value is -2.64. The summed E-state index contributed by atoms with van der Waals surface area (Å²) >= 11 is 5.67. The van der Waals surface area contributed by atoms with Crippen molar-refractivity contribution >= 4 is 12.2 Å². The number of rotatable bonds is 9. The fourth-order valence-corrected chi connectivity index (χ4v) is 3.48. The van der Waals surface area contributed by atoms with Gasteiger partial charge in [-0.3, -0.25) is 4.90 Å². The zero-order chi connectivity index (χ0) is 20.8. The number of aryl methyl sites for hydroxylation is 1. The maximum absolute atomic E-state index is 5.87. The number of hydrogen-bond donors (Lipinski definition) is 0. The molecule has 7 heteroatoms. The molecule has 0 unspecified atom stereocenters. The lowest BCUT2D eigenvalue weighted by atomic mass is 10.1. The zero-order valence-corrected chi connectivity index (χ0v) is 18.3. The van der Waals surface area contributed by atoms with Gasteiger partial charge >= 0.3 is 0 Å². The van der Waals surface area contributed by atoms with Gasteiger partial charge in [0.25, 0.3) is 0 Å². The summed E-state index contributed by atoms with van der Waals surface area (Å²) in [5, 5.41) is 4.80. The van der Waals surface area contributed by atoms with Crippen LogP contribution < -0.4 is 9.47 Å². The van der Waals surface area contributed by atoms with Crippen LogP contribution in [0, 0.1) is 11.7 Å². The second-order valence-electron chi connectivity index (χ2n) is 6.94. The van der Waals surface area contributed by atoms with Crippen molar-refractivity contribution < 1.29 is 9.47 Å². The van der Waals surface area contributed by atoms with Gasteiger partial charge in [0, 0.05) is 18.7 Å². The summed E-state index contributed by atoms with van der Waals surface area (Å²) in [6.07, 6.45) is 0. The minimum atomic E-state index is 0.545. The fourth-order valence-electron chi connectivity index (χ4n) is 3.16. The number of hydrogen-bond acceptors (Lipinski definition) is 5. The average Bonchev–Trinajstić information content (AvgIpc) is 3.03. The normalized spacial score (nSPS) is 11.1. The smallest absolute Gasteiger partial charge is 0.199 e. The Morgan fingerprint density at radius 1 is 1.10 bits per heavy atom. The van der Waals surface area contributed by atoms with E-state index in [1.165, 1.54) is 5.56 Å². The van der Waals surface area contributed by atoms with Crippen LogP contribution in [-0.4, -0.2) is 46.6 Å². The van der Waals surface area contributed by atoms with Gasteiger partial charge in [-0.15, -0.1) is 0 Å². The first-order chi connectivity index (χ1) is 14.0. The standard InChI is InChI=1S/C22H28N4O2S/c1-5-25-21(18-10-8-9-17(2)15-18)23-26(22(25)29)16-24(3)13-14-28-20-12-7-6-11-19(20)27-4/h6-12,15H,5,13-14,16H2,1-4H3. The van der Waals surface area contributed by atoms with Gasteiger partial charge in [0.05, 0.1) is 13.8 Å². The molecule has 3 rings (SSSR count). The number of ether oxygens (including phenoxy) is 2. The molecule has 0 spiro atoms. The number of para-hydroxylation sites is 2. The van der Waals surface area contributed by atoms with E-state index in [2.05, 4.69) is 41.5 Å². The molecule has 0 fully saturated rings. The van der Waals surface area contributed by atoms with E-state index in [4.69, 9.17) is 26.8 Å². The van der Waals surface area contributed by atoms with E-state index in [1.54, 1.807) is 7.11 Å². The van der Waals surface area contributed by atoms with Gasteiger partial charge in [-0.1, -0.05) is 35.9 Å². The number of benzene rings is 2. The van der Waals surface area contributed by atoms with Crippen LogP contribution in [0.5, 0.6) is 11.5 Å². The first-order valence-electron chi connectivity index (χ1n) is 9.72. The SMILES string of the molecule is CCn1c(-c2cccc(C)c2)nn(CN(C)CCOc2ccccc2OC)c1=S. The topological polar surface area (TPSA) is 44.5 Å². The summed E-state index contributed by atoms with van der Waals surface area (Å²) in [6.45, 7) is 6.83. The third kappa shape index (κ3) is 5.05. The lowest BCUT2D eigenvalue weighted by Gasteiger charge is -2.17. The third-order valence-corrected chi connectivity index (χ3v) is 5.12. The molecule has 29 heavy (non-hydrogen) atoms. The molecule has 0 aliphatic carbocycles. The molecule has 3 aromatic rings. The molecular formula is C22H28N4O2S. The molecule has 0 aliphatic heterocycles. The third-order valence-electron chi connectivity index (χ3n) is 4.69. The summed E-state index contributed by atoms with van der Waals surface area (Å²) in [5.41, 5.74) is 2.29. The molecule has 1 heterocycles. The van der Waals surface area contributed by atoms with Crippen molar-refractivity contribution in [3.63, 3.8) is 0 Å². The first kappa shape index (κ1) is 21.1. The molecule has 0 aliphatic rings. The van der Waals surface area contributed by atoms with Crippen molar-refractivity contribution in [3.05, 3.63) is 58.9 Å². The van der Waals surface area contributed by atoms with E-state index >= 15 is 0 Å². The van der Waals surface area contributed by atoms with E-state index in [0.717, 1.165) is 40.7 Å². The average molecular weight is 413 g/mol. The second-order valence-corrected chi connectivity index (χ2v) is 7.31. The first-order valence-corrected chi connectivity index (χ1v) is 10.1. The Morgan fingerprint density at radius 3 is 2.55 bits per heavy atom. The second kappa shape index (κ2) is 9.71. The number of methoxy groups -OCH3 is 1. The van der Waals surface area contributed by atoms with E-state index in [9.17, 15) is 0 Å². The summed E-state index contributed by atoms with van der Waals surface area (Å²) < 4.78 is 15.9. The highest BCUT2D eigenvalue weighted by molar-refractivity contribution is 7.71. The largest absolute Gasteiger partial charge is 0.493 e. The summed E-state index contributed by atoms with van der Waals surface area (Å²) in [6, 6.07) is 16.0. The van der Waals surface area contributed by atoms with Crippen LogP contribution in [0.15, 0.2) is 48.5 Å². The molecule has 0 saturated heterocycles. The van der Waals surface area contributed by atoms with Crippen LogP contribution in [0.2, 0.25) is 0 Å². The van der Waals surface area contributed by atoms with Gasteiger partial charge < -0.3 is 14.0 Å². The molecular weight excluding hydrogens is 384 g/mol. The van der Waals surface area contributed by atoms with E-state index in [-0.39, 0.29) is 0 Å². The van der Waals surface area contributed by atoms with E-state index in [0.29, 0.717) is 13.3 Å². The lowest BCUT2D eigenvalue weighted by molar-refractivity contribution is 0.194. The predicted molar refractivity (Wildman–Crippen MR) is 118 cm³/mol. The van der Waals surface area contributed by atoms with E-state index < -0.39 is 0 Å². The molecule has 0 atom stereocenters. The summed E-state index contributed by atoms with van der Waals surface area (Å²) in [5.74, 6) is 2.39. The van der Waals surface area contributed by atoms with Crippen molar-refractivity contribution in [3.8, 4) is 22.9 Å². The van der Waals surface area contributed by atoms with Crippen LogP contribution in [0.4, 0.5) is 0 Å². The Labute approximate surface area is 177 Å². The molecule has 154 valence electrons. The molecule has 0 amide bonds. The monoisotopic (exact) mass is 412 g/mol. The predicted octanol–water partition coefficient (Wildman–Crippen LogP) is 4.39. The summed E-state index contributed by atoms with van der Waals surface area (Å²) in [7, 11) is 3.68. The van der Waals surface area contributed by atoms with Crippen LogP contribution in [0.25, 0.3) is 11.4 Å². The molecule has 2 aromatic carbocycles. The maximum Gasteiger partial charge on any atom is 0.199 e. The minimum absolute atomic E-state index is 0.545. The van der Waals surface area contributed by atoms with Crippen molar-refractivity contribution in [2.24, 2.45) is 0 Å². The minimum Gasteiger partial charge on any atom is -0.493 e. The van der Waals surface area contributed by atoms with Crippen LogP contribution >= 0.6 is 12.2 Å². The van der Waals surface area contributed by atoms with Crippen molar-refractivity contribution in [2.45, 2.75) is 27.1 Å². The Kier molecular flexibility index (Phi) is 7.06. The fraction of sp³-hybridized carbons (Fsp3) is 0.364. The molecule has 0 N–H and O–H groups in total. The van der Waals surface area contributed by atoms with Crippen molar-refractivity contribution in [1.82, 2.24) is 19.2 Å². The van der Waals surface area contributed by atoms with Gasteiger partial charge in [-0.2, -0.15) is 5.10 Å². The highest BCUT2D eigenvalue weighted by atomic mass is 32.1. The van der Waals surface area contributed by atoms with Crippen LogP contribution in [-0.2, 0) is 13.2 Å². The molecule has 6 nitrogen and oxygen atoms in total. The van der Waals surface area contributed by atoms with Gasteiger partial charge in [0.2, 0.25) is 0 Å². The van der Waals surface area contributed by atoms with Crippen LogP contribution in [0.1, 0.15) is 12.5 Å². The Bertz CT molecular complexity index is 1010. The lowest BCUT2D eigenvalue weighted by Crippen LogP contribution is -2.27. The van der Waals surface area contributed by atoms with Gasteiger partial charge in [-0.25, -0.2) is 4.68 Å². The summed E-state index contributed by atoms with van der Waals surface area (Å²) in [4.78, 5) is 2.14. The highest BCUT2D eigenvalue weighted by Crippen LogP contribution is 2.25. The van der Waals surface area contributed by atoms with E-state index in [1.807, 2.05) is 42.1 Å². The molecule has 1 aromatic heterocycles. The number of aromatic nitrogens is 3. The van der Waals surface area contributed by atoms with Crippen molar-refractivity contribution in [1.29, 1.82) is 0 Å². The van der Waals surface area contributed by atoms with Crippen molar-refractivity contribution in [2.75, 3.05) is 27.3 Å². The van der Waals surface area contributed by atoms with Crippen LogP contribution in [0.3, 0.4) is 0 Å². The Morgan fingerprint density at radius 2 is 1.86 bits per heavy atom. The Balaban J connectivity index is 1.67. The zero-order valence-electron chi connectivity index (χ0n) is 17.5. The van der Waals surface area contributed by atoms with Gasteiger partial charge in [-0.05, 0) is 51.3 Å². The number of likely N-dealkylation sites (N-methyl/N-ethyl adjacent to an activating group) is 1.